The predicted octanol–water partition coefficient (Wildman–Crippen LogP) is 6.28. The Hall–Kier alpha value is -4.13. The van der Waals surface area contributed by atoms with E-state index in [0.717, 1.165) is 38.9 Å². The smallest absolute Gasteiger partial charge is 0.142 e. The van der Waals surface area contributed by atoms with Crippen molar-refractivity contribution in [1.82, 2.24) is 19.9 Å². The number of rotatable bonds is 5. The Morgan fingerprint density at radius 3 is 2.48 bits per heavy atom. The maximum Gasteiger partial charge on any atom is 0.142 e. The van der Waals surface area contributed by atoms with E-state index in [0.29, 0.717) is 17.2 Å². The Morgan fingerprint density at radius 1 is 0.879 bits per heavy atom. The highest BCUT2D eigenvalue weighted by Crippen LogP contribution is 2.29. The third-order valence-electron chi connectivity index (χ3n) is 5.56. The van der Waals surface area contributed by atoms with E-state index in [1.165, 1.54) is 12.3 Å². The number of hydrogen-bond acceptors (Lipinski definition) is 6. The molecular weight excluding hydrogens is 417 g/mol. The standard InChI is InChI=1S/C26H22FN5O/c1-15-14-33-25-5-4-18(8-23(15)25)24-9-26(32-17(3)31-24)30-16(2)19-6-20(11-28-10-19)21-7-22(27)13-29-12-21/h4-14,16H,1-3H3,(H,30,31,32). The topological polar surface area (TPSA) is 76.7 Å². The van der Waals surface area contributed by atoms with Crippen molar-refractivity contribution in [3.8, 4) is 22.4 Å². The molecule has 1 unspecified atom stereocenters. The first-order valence-corrected chi connectivity index (χ1v) is 10.6. The second-order valence-electron chi connectivity index (χ2n) is 8.08. The lowest BCUT2D eigenvalue weighted by Gasteiger charge is -2.16. The number of halogens is 1. The fraction of sp³-hybridized carbons (Fsp3) is 0.154. The van der Waals surface area contributed by atoms with E-state index in [4.69, 9.17) is 4.42 Å². The van der Waals surface area contributed by atoms with E-state index >= 15 is 0 Å². The number of aromatic nitrogens is 4. The van der Waals surface area contributed by atoms with E-state index in [2.05, 4.69) is 31.3 Å². The van der Waals surface area contributed by atoms with Gasteiger partial charge in [0.25, 0.3) is 0 Å². The molecule has 0 saturated heterocycles. The van der Waals surface area contributed by atoms with Gasteiger partial charge in [-0.2, -0.15) is 0 Å². The summed E-state index contributed by atoms with van der Waals surface area (Å²) in [6, 6.07) is 11.3. The number of benzene rings is 1. The van der Waals surface area contributed by atoms with Gasteiger partial charge in [-0.25, -0.2) is 14.4 Å². The van der Waals surface area contributed by atoms with Crippen LogP contribution >= 0.6 is 0 Å². The molecule has 1 aromatic carbocycles. The third-order valence-corrected chi connectivity index (χ3v) is 5.56. The molecule has 0 aliphatic rings. The van der Waals surface area contributed by atoms with Gasteiger partial charge >= 0.3 is 0 Å². The SMILES string of the molecule is Cc1nc(NC(C)c2cncc(-c3cncc(F)c3)c2)cc(-c2ccc3occ(C)c3c2)n1. The molecule has 0 spiro atoms. The molecule has 0 aliphatic carbocycles. The lowest BCUT2D eigenvalue weighted by Crippen LogP contribution is -2.09. The number of nitrogens with one attached hydrogen (secondary N) is 1. The molecule has 6 nitrogen and oxygen atoms in total. The molecule has 0 bridgehead atoms. The van der Waals surface area contributed by atoms with Crippen molar-refractivity contribution in [2.75, 3.05) is 5.32 Å². The molecule has 164 valence electrons. The van der Waals surface area contributed by atoms with Gasteiger partial charge in [0.2, 0.25) is 0 Å². The minimum atomic E-state index is -0.378. The highest BCUT2D eigenvalue weighted by atomic mass is 19.1. The largest absolute Gasteiger partial charge is 0.464 e. The normalized spacial score (nSPS) is 12.1. The van der Waals surface area contributed by atoms with Gasteiger partial charge in [0.05, 0.1) is 24.2 Å². The first-order valence-electron chi connectivity index (χ1n) is 10.6. The third kappa shape index (κ3) is 4.30. The van der Waals surface area contributed by atoms with E-state index in [-0.39, 0.29) is 11.9 Å². The molecule has 4 heterocycles. The quantitative estimate of drug-likeness (QED) is 0.347. The molecular formula is C26H22FN5O. The Balaban J connectivity index is 1.43. The van der Waals surface area contributed by atoms with Gasteiger partial charge in [-0.3, -0.25) is 9.97 Å². The first-order chi connectivity index (χ1) is 16.0. The van der Waals surface area contributed by atoms with Crippen LogP contribution in [0.15, 0.2) is 71.9 Å². The number of pyridine rings is 2. The van der Waals surface area contributed by atoms with Crippen LogP contribution in [-0.2, 0) is 0 Å². The summed E-state index contributed by atoms with van der Waals surface area (Å²) in [5.74, 6) is 1.01. The zero-order valence-corrected chi connectivity index (χ0v) is 18.5. The fourth-order valence-electron chi connectivity index (χ4n) is 3.83. The van der Waals surface area contributed by atoms with E-state index in [1.807, 2.05) is 45.0 Å². The lowest BCUT2D eigenvalue weighted by atomic mass is 10.0. The van der Waals surface area contributed by atoms with Crippen LogP contribution in [0.1, 0.15) is 29.9 Å². The van der Waals surface area contributed by atoms with Crippen LogP contribution in [0.25, 0.3) is 33.4 Å². The molecule has 0 saturated carbocycles. The molecule has 5 aromatic rings. The molecule has 5 rings (SSSR count). The maximum atomic E-state index is 13.6. The number of hydrogen-bond donors (Lipinski definition) is 1. The van der Waals surface area contributed by atoms with Gasteiger partial charge in [-0.1, -0.05) is 0 Å². The molecule has 4 aromatic heterocycles. The monoisotopic (exact) mass is 439 g/mol. The second kappa shape index (κ2) is 8.43. The summed E-state index contributed by atoms with van der Waals surface area (Å²) in [6.07, 6.45) is 8.06. The van der Waals surface area contributed by atoms with Crippen LogP contribution in [0.2, 0.25) is 0 Å². The molecule has 7 heteroatoms. The van der Waals surface area contributed by atoms with Gasteiger partial charge in [-0.05, 0) is 62.2 Å². The van der Waals surface area contributed by atoms with Crippen molar-refractivity contribution in [2.45, 2.75) is 26.8 Å². The van der Waals surface area contributed by atoms with E-state index in [9.17, 15) is 4.39 Å². The lowest BCUT2D eigenvalue weighted by molar-refractivity contribution is 0.613. The molecule has 1 N–H and O–H groups in total. The highest BCUT2D eigenvalue weighted by molar-refractivity contribution is 5.85. The number of aryl methyl sites for hydroxylation is 2. The Bertz CT molecular complexity index is 1460. The van der Waals surface area contributed by atoms with Crippen molar-refractivity contribution in [3.63, 3.8) is 0 Å². The number of furan rings is 1. The minimum Gasteiger partial charge on any atom is -0.464 e. The van der Waals surface area contributed by atoms with Crippen LogP contribution in [0.5, 0.6) is 0 Å². The summed E-state index contributed by atoms with van der Waals surface area (Å²) < 4.78 is 19.2. The molecule has 0 aliphatic heterocycles. The Morgan fingerprint density at radius 2 is 1.67 bits per heavy atom. The minimum absolute atomic E-state index is 0.0836. The number of fused-ring (bicyclic) bond motifs is 1. The summed E-state index contributed by atoms with van der Waals surface area (Å²) in [7, 11) is 0. The fourth-order valence-corrected chi connectivity index (χ4v) is 3.83. The summed E-state index contributed by atoms with van der Waals surface area (Å²) in [4.78, 5) is 17.5. The van der Waals surface area contributed by atoms with Gasteiger partial charge in [-0.15, -0.1) is 0 Å². The Labute approximate surface area is 190 Å². The molecule has 1 atom stereocenters. The number of anilines is 1. The summed E-state index contributed by atoms with van der Waals surface area (Å²) >= 11 is 0. The number of nitrogens with zero attached hydrogens (tertiary/aromatic N) is 4. The first kappa shape index (κ1) is 20.8. The predicted molar refractivity (Wildman–Crippen MR) is 126 cm³/mol. The van der Waals surface area contributed by atoms with Crippen LogP contribution in [0.4, 0.5) is 10.2 Å². The average molecular weight is 439 g/mol. The maximum absolute atomic E-state index is 13.6. The average Bonchev–Trinajstić information content (AvgIpc) is 3.19. The van der Waals surface area contributed by atoms with Gasteiger partial charge in [0, 0.05) is 46.7 Å². The summed E-state index contributed by atoms with van der Waals surface area (Å²) in [5.41, 5.74) is 6.20. The van der Waals surface area contributed by atoms with Crippen LogP contribution < -0.4 is 5.32 Å². The summed E-state index contributed by atoms with van der Waals surface area (Å²) in [5, 5.41) is 4.51. The van der Waals surface area contributed by atoms with Gasteiger partial charge in [0.1, 0.15) is 23.0 Å². The van der Waals surface area contributed by atoms with Gasteiger partial charge < -0.3 is 9.73 Å². The highest BCUT2D eigenvalue weighted by Gasteiger charge is 2.12. The molecule has 0 fully saturated rings. The van der Waals surface area contributed by atoms with Crippen LogP contribution in [-0.4, -0.2) is 19.9 Å². The Kier molecular flexibility index (Phi) is 5.30. The van der Waals surface area contributed by atoms with Crippen LogP contribution in [0.3, 0.4) is 0 Å². The molecule has 33 heavy (non-hydrogen) atoms. The van der Waals surface area contributed by atoms with Crippen molar-refractivity contribution in [3.05, 3.63) is 90.2 Å². The summed E-state index contributed by atoms with van der Waals surface area (Å²) in [6.45, 7) is 5.93. The van der Waals surface area contributed by atoms with Crippen molar-refractivity contribution < 1.29 is 8.81 Å². The van der Waals surface area contributed by atoms with Crippen molar-refractivity contribution in [1.29, 1.82) is 0 Å². The van der Waals surface area contributed by atoms with Gasteiger partial charge in [0.15, 0.2) is 0 Å². The van der Waals surface area contributed by atoms with E-state index < -0.39 is 0 Å². The van der Waals surface area contributed by atoms with Crippen molar-refractivity contribution in [2.24, 2.45) is 0 Å². The second-order valence-corrected chi connectivity index (χ2v) is 8.08. The van der Waals surface area contributed by atoms with Crippen molar-refractivity contribution >= 4 is 16.8 Å². The molecule has 0 radical (unpaired) electrons. The zero-order valence-electron chi connectivity index (χ0n) is 18.5. The molecule has 0 amide bonds. The van der Waals surface area contributed by atoms with E-state index in [1.54, 1.807) is 24.9 Å². The zero-order chi connectivity index (χ0) is 22.9. The van der Waals surface area contributed by atoms with Crippen LogP contribution in [0, 0.1) is 19.7 Å².